The van der Waals surface area contributed by atoms with Gasteiger partial charge in [-0.1, -0.05) is 6.07 Å². The van der Waals surface area contributed by atoms with Crippen LogP contribution >= 0.6 is 22.9 Å². The van der Waals surface area contributed by atoms with E-state index in [1.807, 2.05) is 32.0 Å². The molecular formula is C14H17ClN2O2S2. The van der Waals surface area contributed by atoms with Crippen molar-refractivity contribution in [3.05, 3.63) is 46.1 Å². The number of pyridine rings is 1. The third-order valence-electron chi connectivity index (χ3n) is 3.11. The van der Waals surface area contributed by atoms with Gasteiger partial charge in [-0.05, 0) is 37.6 Å². The predicted molar refractivity (Wildman–Crippen MR) is 86.2 cm³/mol. The molecule has 4 nitrogen and oxygen atoms in total. The van der Waals surface area contributed by atoms with Crippen LogP contribution in [0.15, 0.2) is 28.5 Å². The topological polar surface area (TPSA) is 50.3 Å². The summed E-state index contributed by atoms with van der Waals surface area (Å²) >= 11 is 7.04. The second kappa shape index (κ2) is 6.44. The molecule has 2 rings (SSSR count). The van der Waals surface area contributed by atoms with E-state index < -0.39 is 10.0 Å². The van der Waals surface area contributed by atoms with E-state index in [2.05, 4.69) is 4.98 Å². The molecule has 0 bridgehead atoms. The van der Waals surface area contributed by atoms with Gasteiger partial charge in [-0.3, -0.25) is 4.98 Å². The molecule has 0 radical (unpaired) electrons. The minimum Gasteiger partial charge on any atom is -0.257 e. The molecule has 0 N–H and O–H groups in total. The number of hydrogen-bond donors (Lipinski definition) is 0. The lowest BCUT2D eigenvalue weighted by atomic mass is 10.3. The maximum atomic E-state index is 12.6. The minimum atomic E-state index is -3.51. The van der Waals surface area contributed by atoms with Crippen molar-refractivity contribution in [1.82, 2.24) is 9.29 Å². The van der Waals surface area contributed by atoms with E-state index in [1.54, 1.807) is 13.1 Å². The van der Waals surface area contributed by atoms with E-state index in [1.165, 1.54) is 15.6 Å². The summed E-state index contributed by atoms with van der Waals surface area (Å²) in [5, 5.41) is 0. The Bertz CT molecular complexity index is 741. The third-order valence-corrected chi connectivity index (χ3v) is 7.03. The normalized spacial score (nSPS) is 12.0. The number of halogens is 1. The fourth-order valence-corrected chi connectivity index (χ4v) is 5.07. The number of aryl methyl sites for hydroxylation is 2. The summed E-state index contributed by atoms with van der Waals surface area (Å²) in [6, 6.07) is 7.26. The number of aromatic nitrogens is 1. The van der Waals surface area contributed by atoms with Gasteiger partial charge in [0.1, 0.15) is 4.21 Å². The van der Waals surface area contributed by atoms with Crippen LogP contribution in [0.5, 0.6) is 0 Å². The molecule has 0 aliphatic rings. The number of alkyl halides is 1. The minimum absolute atomic E-state index is 0.247. The highest BCUT2D eigenvalue weighted by Crippen LogP contribution is 2.29. The Morgan fingerprint density at radius 1 is 1.33 bits per heavy atom. The van der Waals surface area contributed by atoms with E-state index in [4.69, 9.17) is 11.6 Å². The van der Waals surface area contributed by atoms with Gasteiger partial charge >= 0.3 is 0 Å². The average Bonchev–Trinajstić information content (AvgIpc) is 2.80. The van der Waals surface area contributed by atoms with Crippen molar-refractivity contribution in [2.24, 2.45) is 0 Å². The molecule has 0 fully saturated rings. The number of hydrogen-bond acceptors (Lipinski definition) is 4. The van der Waals surface area contributed by atoms with Crippen molar-refractivity contribution < 1.29 is 8.42 Å². The van der Waals surface area contributed by atoms with Crippen LogP contribution in [-0.2, 0) is 22.4 Å². The van der Waals surface area contributed by atoms with E-state index in [-0.39, 0.29) is 6.54 Å². The fourth-order valence-electron chi connectivity index (χ4n) is 1.90. The van der Waals surface area contributed by atoms with Crippen LogP contribution in [-0.4, -0.2) is 24.8 Å². The van der Waals surface area contributed by atoms with Gasteiger partial charge in [0.2, 0.25) is 0 Å². The largest absolute Gasteiger partial charge is 0.257 e. The van der Waals surface area contributed by atoms with Crippen LogP contribution in [0.25, 0.3) is 0 Å². The van der Waals surface area contributed by atoms with Crippen LogP contribution in [0, 0.1) is 13.8 Å². The SMILES string of the molecule is Cc1cccc(CN(C)S(=O)(=O)c2cc(C)c(CCl)s2)n1. The summed E-state index contributed by atoms with van der Waals surface area (Å²) in [7, 11) is -1.94. The molecule has 0 aliphatic heterocycles. The van der Waals surface area contributed by atoms with Crippen molar-refractivity contribution in [2.75, 3.05) is 7.05 Å². The second-order valence-electron chi connectivity index (χ2n) is 4.84. The molecule has 0 aromatic carbocycles. The second-order valence-corrected chi connectivity index (χ2v) is 8.51. The third kappa shape index (κ3) is 3.63. The Hall–Kier alpha value is -0.950. The van der Waals surface area contributed by atoms with Crippen molar-refractivity contribution in [3.8, 4) is 0 Å². The van der Waals surface area contributed by atoms with Crippen molar-refractivity contribution in [1.29, 1.82) is 0 Å². The van der Waals surface area contributed by atoms with Gasteiger partial charge in [0.05, 0.1) is 18.1 Å². The van der Waals surface area contributed by atoms with Crippen LogP contribution in [0.3, 0.4) is 0 Å². The summed E-state index contributed by atoms with van der Waals surface area (Å²) in [6.07, 6.45) is 0. The van der Waals surface area contributed by atoms with Crippen LogP contribution in [0.1, 0.15) is 21.8 Å². The molecule has 0 saturated carbocycles. The van der Waals surface area contributed by atoms with E-state index >= 15 is 0 Å². The summed E-state index contributed by atoms with van der Waals surface area (Å²) in [4.78, 5) is 5.22. The molecule has 0 unspecified atom stereocenters. The van der Waals surface area contributed by atoms with Gasteiger partial charge in [0.15, 0.2) is 0 Å². The van der Waals surface area contributed by atoms with Crippen molar-refractivity contribution in [3.63, 3.8) is 0 Å². The molecule has 0 atom stereocenters. The van der Waals surface area contributed by atoms with Gasteiger partial charge in [0, 0.05) is 17.6 Å². The van der Waals surface area contributed by atoms with Gasteiger partial charge in [-0.25, -0.2) is 8.42 Å². The molecule has 0 saturated heterocycles. The molecule has 0 amide bonds. The molecule has 2 aromatic heterocycles. The number of rotatable bonds is 5. The van der Waals surface area contributed by atoms with Crippen molar-refractivity contribution >= 4 is 33.0 Å². The molecule has 114 valence electrons. The van der Waals surface area contributed by atoms with E-state index in [9.17, 15) is 8.42 Å². The lowest BCUT2D eigenvalue weighted by molar-refractivity contribution is 0.463. The summed E-state index contributed by atoms with van der Waals surface area (Å²) in [5.41, 5.74) is 2.51. The molecule has 0 spiro atoms. The monoisotopic (exact) mass is 344 g/mol. The Labute approximate surface area is 134 Å². The molecule has 21 heavy (non-hydrogen) atoms. The summed E-state index contributed by atoms with van der Waals surface area (Å²) in [5.74, 6) is 0.329. The number of nitrogens with zero attached hydrogens (tertiary/aromatic N) is 2. The highest BCUT2D eigenvalue weighted by molar-refractivity contribution is 7.91. The molecule has 2 aromatic rings. The van der Waals surface area contributed by atoms with Gasteiger partial charge in [-0.2, -0.15) is 4.31 Å². The quantitative estimate of drug-likeness (QED) is 0.782. The van der Waals surface area contributed by atoms with Crippen LogP contribution in [0.4, 0.5) is 0 Å². The highest BCUT2D eigenvalue weighted by atomic mass is 35.5. The Balaban J connectivity index is 2.26. The van der Waals surface area contributed by atoms with Crippen LogP contribution < -0.4 is 0 Å². The van der Waals surface area contributed by atoms with E-state index in [0.717, 1.165) is 21.8 Å². The van der Waals surface area contributed by atoms with Gasteiger partial charge in [-0.15, -0.1) is 22.9 Å². The van der Waals surface area contributed by atoms with Gasteiger partial charge < -0.3 is 0 Å². The Morgan fingerprint density at radius 3 is 2.62 bits per heavy atom. The molecular weight excluding hydrogens is 328 g/mol. The number of thiophene rings is 1. The lowest BCUT2D eigenvalue weighted by Gasteiger charge is -2.15. The lowest BCUT2D eigenvalue weighted by Crippen LogP contribution is -2.26. The zero-order valence-corrected chi connectivity index (χ0v) is 14.5. The van der Waals surface area contributed by atoms with Crippen molar-refractivity contribution in [2.45, 2.75) is 30.5 Å². The molecule has 0 aliphatic carbocycles. The highest BCUT2D eigenvalue weighted by Gasteiger charge is 2.24. The number of sulfonamides is 1. The first-order valence-corrected chi connectivity index (χ1v) is 9.18. The smallest absolute Gasteiger partial charge is 0.252 e. The molecule has 2 heterocycles. The fraction of sp³-hybridized carbons (Fsp3) is 0.357. The maximum Gasteiger partial charge on any atom is 0.252 e. The molecule has 7 heteroatoms. The summed E-state index contributed by atoms with van der Waals surface area (Å²) in [6.45, 7) is 4.00. The standard InChI is InChI=1S/C14H17ClN2O2S2/c1-10-7-14(20-13(10)8-15)21(18,19)17(3)9-12-6-4-5-11(2)16-12/h4-7H,8-9H2,1-3H3. The first kappa shape index (κ1) is 16.4. The zero-order chi connectivity index (χ0) is 15.6. The zero-order valence-electron chi connectivity index (χ0n) is 12.1. The maximum absolute atomic E-state index is 12.6. The van der Waals surface area contributed by atoms with Gasteiger partial charge in [0.25, 0.3) is 10.0 Å². The first-order chi connectivity index (χ1) is 9.84. The van der Waals surface area contributed by atoms with Crippen LogP contribution in [0.2, 0.25) is 0 Å². The Kier molecular flexibility index (Phi) is 5.03. The Morgan fingerprint density at radius 2 is 2.05 bits per heavy atom. The predicted octanol–water partition coefficient (Wildman–Crippen LogP) is 3.32. The van der Waals surface area contributed by atoms with E-state index in [0.29, 0.717) is 10.1 Å². The average molecular weight is 345 g/mol. The first-order valence-electron chi connectivity index (χ1n) is 6.38. The summed E-state index contributed by atoms with van der Waals surface area (Å²) < 4.78 is 26.8.